The highest BCUT2D eigenvalue weighted by molar-refractivity contribution is 5.91. The Bertz CT molecular complexity index is 1900. The van der Waals surface area contributed by atoms with E-state index in [1.807, 2.05) is 166 Å². The second kappa shape index (κ2) is 21.2. The van der Waals surface area contributed by atoms with Gasteiger partial charge < -0.3 is 31.1 Å². The molecule has 296 valence electrons. The van der Waals surface area contributed by atoms with Gasteiger partial charge in [0, 0.05) is 12.8 Å². The highest BCUT2D eigenvalue weighted by atomic mass is 16.5. The average molecular weight is 769 g/mol. The summed E-state index contributed by atoms with van der Waals surface area (Å²) in [7, 11) is 0. The third kappa shape index (κ3) is 12.1. The molecule has 5 N–H and O–H groups in total. The van der Waals surface area contributed by atoms with Gasteiger partial charge in [0.15, 0.2) is 0 Å². The lowest BCUT2D eigenvalue weighted by Crippen LogP contribution is -2.56. The maximum Gasteiger partial charge on any atom is 0.408 e. The molecule has 0 unspecified atom stereocenters. The first-order chi connectivity index (χ1) is 27.7. The van der Waals surface area contributed by atoms with Crippen molar-refractivity contribution in [2.75, 3.05) is 6.61 Å². The van der Waals surface area contributed by atoms with Crippen LogP contribution < -0.4 is 21.3 Å². The molecule has 0 aliphatic carbocycles. The SMILES string of the molecule is CC(C)C[C@H](NC(=O)OCc1ccccc1)C(=O)N[C@@H](Cc1ccccc1)C(=O)N[C@H](CO)CCC(=O)NC(c1ccccc1)(c1ccccc1)c1ccccc1. The first kappa shape index (κ1) is 41.9. The van der Waals surface area contributed by atoms with Gasteiger partial charge in [0.25, 0.3) is 0 Å². The molecule has 57 heavy (non-hydrogen) atoms. The van der Waals surface area contributed by atoms with E-state index >= 15 is 0 Å². The van der Waals surface area contributed by atoms with Crippen LogP contribution in [0.2, 0.25) is 0 Å². The van der Waals surface area contributed by atoms with Gasteiger partial charge in [0.05, 0.1) is 12.6 Å². The van der Waals surface area contributed by atoms with Crippen LogP contribution in [0.3, 0.4) is 0 Å². The molecular weight excluding hydrogens is 717 g/mol. The molecule has 10 heteroatoms. The zero-order valence-electron chi connectivity index (χ0n) is 32.5. The second-order valence-electron chi connectivity index (χ2n) is 14.5. The fourth-order valence-corrected chi connectivity index (χ4v) is 6.81. The summed E-state index contributed by atoms with van der Waals surface area (Å²) in [5.41, 5.74) is 3.20. The maximum absolute atomic E-state index is 14.0. The molecule has 0 fully saturated rings. The molecule has 5 aromatic carbocycles. The number of nitrogens with one attached hydrogen (secondary N) is 4. The molecule has 0 saturated heterocycles. The van der Waals surface area contributed by atoms with Crippen LogP contribution >= 0.6 is 0 Å². The lowest BCUT2D eigenvalue weighted by Gasteiger charge is -2.37. The summed E-state index contributed by atoms with van der Waals surface area (Å²) >= 11 is 0. The van der Waals surface area contributed by atoms with Crippen molar-refractivity contribution in [3.8, 4) is 0 Å². The highest BCUT2D eigenvalue weighted by Gasteiger charge is 2.38. The molecular formula is C47H52N4O6. The minimum atomic E-state index is -1.05. The topological polar surface area (TPSA) is 146 Å². The van der Waals surface area contributed by atoms with Crippen molar-refractivity contribution in [1.82, 2.24) is 21.3 Å². The third-order valence-electron chi connectivity index (χ3n) is 9.68. The Morgan fingerprint density at radius 1 is 0.596 bits per heavy atom. The molecule has 0 bridgehead atoms. The number of benzene rings is 5. The number of carbonyl (C=O) groups is 4. The van der Waals surface area contributed by atoms with E-state index in [2.05, 4.69) is 21.3 Å². The lowest BCUT2D eigenvalue weighted by molar-refractivity contribution is -0.130. The molecule has 0 aliphatic heterocycles. The molecule has 0 spiro atoms. The van der Waals surface area contributed by atoms with Crippen LogP contribution in [0, 0.1) is 5.92 Å². The van der Waals surface area contributed by atoms with Gasteiger partial charge in [-0.3, -0.25) is 14.4 Å². The van der Waals surface area contributed by atoms with Gasteiger partial charge in [-0.1, -0.05) is 166 Å². The van der Waals surface area contributed by atoms with Crippen molar-refractivity contribution in [2.45, 2.75) is 69.8 Å². The number of carbonyl (C=O) groups excluding carboxylic acids is 4. The van der Waals surface area contributed by atoms with Crippen LogP contribution in [0.4, 0.5) is 4.79 Å². The smallest absolute Gasteiger partial charge is 0.408 e. The van der Waals surface area contributed by atoms with Crippen molar-refractivity contribution in [3.05, 3.63) is 179 Å². The molecule has 0 radical (unpaired) electrons. The number of alkyl carbamates (subject to hydrolysis) is 1. The minimum absolute atomic E-state index is 0.0130. The molecule has 3 atom stereocenters. The Morgan fingerprint density at radius 2 is 1.05 bits per heavy atom. The van der Waals surface area contributed by atoms with Crippen molar-refractivity contribution in [1.29, 1.82) is 0 Å². The fourth-order valence-electron chi connectivity index (χ4n) is 6.81. The van der Waals surface area contributed by atoms with E-state index in [1.165, 1.54) is 0 Å². The minimum Gasteiger partial charge on any atom is -0.445 e. The van der Waals surface area contributed by atoms with Gasteiger partial charge in [0.2, 0.25) is 17.7 Å². The molecule has 5 rings (SSSR count). The first-order valence-corrected chi connectivity index (χ1v) is 19.4. The van der Waals surface area contributed by atoms with Gasteiger partial charge in [0.1, 0.15) is 24.2 Å². The zero-order valence-corrected chi connectivity index (χ0v) is 32.5. The van der Waals surface area contributed by atoms with Crippen molar-refractivity contribution in [3.63, 3.8) is 0 Å². The van der Waals surface area contributed by atoms with Gasteiger partial charge >= 0.3 is 6.09 Å². The largest absolute Gasteiger partial charge is 0.445 e. The molecule has 0 heterocycles. The van der Waals surface area contributed by atoms with Crippen LogP contribution in [-0.2, 0) is 37.7 Å². The van der Waals surface area contributed by atoms with Crippen molar-refractivity contribution in [2.24, 2.45) is 5.92 Å². The number of hydrogen-bond donors (Lipinski definition) is 5. The van der Waals surface area contributed by atoms with Crippen molar-refractivity contribution < 1.29 is 29.0 Å². The molecule has 0 aliphatic rings. The van der Waals surface area contributed by atoms with Crippen LogP contribution in [0.25, 0.3) is 0 Å². The summed E-state index contributed by atoms with van der Waals surface area (Å²) in [5.74, 6) is -1.33. The average Bonchev–Trinajstić information content (AvgIpc) is 3.24. The van der Waals surface area contributed by atoms with Gasteiger partial charge in [-0.25, -0.2) is 4.79 Å². The number of ether oxygens (including phenoxy) is 1. The Hall–Kier alpha value is -6.26. The Morgan fingerprint density at radius 3 is 1.53 bits per heavy atom. The number of amides is 4. The third-order valence-corrected chi connectivity index (χ3v) is 9.68. The van der Waals surface area contributed by atoms with Crippen LogP contribution in [-0.4, -0.2) is 53.7 Å². The van der Waals surface area contributed by atoms with Crippen LogP contribution in [0.15, 0.2) is 152 Å². The number of aliphatic hydroxyl groups excluding tert-OH is 1. The van der Waals surface area contributed by atoms with E-state index in [4.69, 9.17) is 4.74 Å². The summed E-state index contributed by atoms with van der Waals surface area (Å²) in [5, 5.41) is 22.1. The fraction of sp³-hybridized carbons (Fsp3) is 0.277. The molecule has 5 aromatic rings. The number of rotatable bonds is 19. The molecule has 0 saturated carbocycles. The summed E-state index contributed by atoms with van der Waals surface area (Å²) in [6.45, 7) is 3.46. The quantitative estimate of drug-likeness (QED) is 0.0614. The predicted octanol–water partition coefficient (Wildman–Crippen LogP) is 6.42. The zero-order chi connectivity index (χ0) is 40.5. The van der Waals surface area contributed by atoms with Crippen LogP contribution in [0.1, 0.15) is 60.9 Å². The summed E-state index contributed by atoms with van der Waals surface area (Å²) < 4.78 is 5.39. The van der Waals surface area contributed by atoms with Gasteiger partial charge in [-0.2, -0.15) is 0 Å². The monoisotopic (exact) mass is 768 g/mol. The van der Waals surface area contributed by atoms with E-state index in [0.29, 0.717) is 6.42 Å². The van der Waals surface area contributed by atoms with E-state index in [-0.39, 0.29) is 37.7 Å². The second-order valence-corrected chi connectivity index (χ2v) is 14.5. The van der Waals surface area contributed by atoms with Gasteiger partial charge in [-0.05, 0) is 46.6 Å². The van der Waals surface area contributed by atoms with Crippen molar-refractivity contribution >= 4 is 23.8 Å². The molecule has 10 nitrogen and oxygen atoms in total. The first-order valence-electron chi connectivity index (χ1n) is 19.4. The predicted molar refractivity (Wildman–Crippen MR) is 221 cm³/mol. The van der Waals surface area contributed by atoms with E-state index in [1.54, 1.807) is 0 Å². The van der Waals surface area contributed by atoms with Crippen LogP contribution in [0.5, 0.6) is 0 Å². The van der Waals surface area contributed by atoms with E-state index < -0.39 is 48.2 Å². The highest BCUT2D eigenvalue weighted by Crippen LogP contribution is 2.37. The Labute approximate surface area is 335 Å². The maximum atomic E-state index is 14.0. The van der Waals surface area contributed by atoms with E-state index in [9.17, 15) is 24.3 Å². The Kier molecular flexibility index (Phi) is 15.5. The summed E-state index contributed by atoms with van der Waals surface area (Å²) in [6, 6.07) is 44.9. The Balaban J connectivity index is 1.29. The number of hydrogen-bond acceptors (Lipinski definition) is 6. The molecule has 4 amide bonds. The summed E-state index contributed by atoms with van der Waals surface area (Å²) in [4.78, 5) is 54.5. The lowest BCUT2D eigenvalue weighted by atomic mass is 9.77. The standard InChI is InChI=1S/C47H52N4O6/c1-34(2)30-41(50-46(56)57-33-36-20-10-4-11-21-36)45(55)49-42(31-35-18-8-3-9-19-35)44(54)48-40(32-52)28-29-43(53)51-47(37-22-12-5-13-23-37,38-24-14-6-15-25-38)39-26-16-7-17-27-39/h3-27,34,40-42,52H,28-33H2,1-2H3,(H,48,54)(H,49,55)(H,50,56)(H,51,53)/t40-,41-,42-/m0/s1. The number of aliphatic hydroxyl groups is 1. The van der Waals surface area contributed by atoms with Gasteiger partial charge in [-0.15, -0.1) is 0 Å². The normalized spacial score (nSPS) is 12.8. The summed E-state index contributed by atoms with van der Waals surface area (Å²) in [6.07, 6.45) is -0.188. The molecule has 0 aromatic heterocycles. The van der Waals surface area contributed by atoms with E-state index in [0.717, 1.165) is 27.8 Å².